The van der Waals surface area contributed by atoms with Gasteiger partial charge in [0.05, 0.1) is 0 Å². The van der Waals surface area contributed by atoms with Gasteiger partial charge in [-0.3, -0.25) is 0 Å². The first-order chi connectivity index (χ1) is 8.20. The second-order valence-corrected chi connectivity index (χ2v) is 7.25. The summed E-state index contributed by atoms with van der Waals surface area (Å²) in [5, 5.41) is 3.77. The van der Waals surface area contributed by atoms with Gasteiger partial charge in [-0.25, -0.2) is 0 Å². The Bertz CT molecular complexity index is 342. The predicted molar refractivity (Wildman–Crippen MR) is 79.6 cm³/mol. The lowest BCUT2D eigenvalue weighted by Gasteiger charge is -2.31. The van der Waals surface area contributed by atoms with Gasteiger partial charge in [0.2, 0.25) is 0 Å². The Hall–Kier alpha value is 0.140. The number of rotatable bonds is 4. The van der Waals surface area contributed by atoms with Crippen LogP contribution in [0, 0.1) is 12.8 Å². The van der Waals surface area contributed by atoms with Crippen LogP contribution in [0.1, 0.15) is 48.8 Å². The SMILES string of the molecule is CCC1CCCCC1NCc1cc(Br)c(C)s1. The molecule has 2 rings (SSSR count). The zero-order chi connectivity index (χ0) is 12.3. The minimum absolute atomic E-state index is 0.745. The maximum Gasteiger partial charge on any atom is 0.0314 e. The van der Waals surface area contributed by atoms with Gasteiger partial charge in [-0.1, -0.05) is 26.2 Å². The van der Waals surface area contributed by atoms with Crippen LogP contribution in [-0.2, 0) is 6.54 Å². The van der Waals surface area contributed by atoms with Crippen molar-refractivity contribution < 1.29 is 0 Å². The summed E-state index contributed by atoms with van der Waals surface area (Å²) in [5.41, 5.74) is 0. The van der Waals surface area contributed by atoms with Crippen LogP contribution in [0.4, 0.5) is 0 Å². The Morgan fingerprint density at radius 1 is 1.41 bits per heavy atom. The molecule has 0 amide bonds. The van der Waals surface area contributed by atoms with Crippen LogP contribution in [0.3, 0.4) is 0 Å². The predicted octanol–water partition coefficient (Wildman–Crippen LogP) is 4.88. The molecule has 17 heavy (non-hydrogen) atoms. The standard InChI is InChI=1S/C14H22BrNS/c1-3-11-6-4-5-7-14(11)16-9-12-8-13(15)10(2)17-12/h8,11,14,16H,3-7,9H2,1-2H3. The fourth-order valence-electron chi connectivity index (χ4n) is 2.80. The van der Waals surface area contributed by atoms with E-state index in [0.29, 0.717) is 0 Å². The van der Waals surface area contributed by atoms with Gasteiger partial charge in [0.1, 0.15) is 0 Å². The number of aryl methyl sites for hydroxylation is 1. The Balaban J connectivity index is 1.88. The molecule has 1 saturated carbocycles. The van der Waals surface area contributed by atoms with Gasteiger partial charge in [-0.2, -0.15) is 0 Å². The summed E-state index contributed by atoms with van der Waals surface area (Å²) in [6, 6.07) is 3.01. The van der Waals surface area contributed by atoms with E-state index in [2.05, 4.69) is 41.2 Å². The van der Waals surface area contributed by atoms with Gasteiger partial charge >= 0.3 is 0 Å². The first kappa shape index (κ1) is 13.6. The summed E-state index contributed by atoms with van der Waals surface area (Å²) in [4.78, 5) is 2.84. The van der Waals surface area contributed by atoms with Crippen molar-refractivity contribution >= 4 is 27.3 Å². The largest absolute Gasteiger partial charge is 0.309 e. The molecule has 1 N–H and O–H groups in total. The van der Waals surface area contributed by atoms with Gasteiger partial charge in [-0.05, 0) is 47.7 Å². The van der Waals surface area contributed by atoms with Crippen molar-refractivity contribution in [1.29, 1.82) is 0 Å². The molecule has 1 aromatic rings. The highest BCUT2D eigenvalue weighted by molar-refractivity contribution is 9.10. The third-order valence-electron chi connectivity index (χ3n) is 3.88. The molecule has 3 heteroatoms. The Labute approximate surface area is 117 Å². The molecule has 2 unspecified atom stereocenters. The molecule has 96 valence electrons. The second kappa shape index (κ2) is 6.35. The Morgan fingerprint density at radius 3 is 2.82 bits per heavy atom. The maximum atomic E-state index is 3.77. The van der Waals surface area contributed by atoms with Crippen molar-refractivity contribution in [2.75, 3.05) is 0 Å². The molecule has 0 saturated heterocycles. The minimum atomic E-state index is 0.745. The zero-order valence-electron chi connectivity index (χ0n) is 10.8. The van der Waals surface area contributed by atoms with Crippen molar-refractivity contribution in [1.82, 2.24) is 5.32 Å². The third-order valence-corrected chi connectivity index (χ3v) is 6.02. The van der Waals surface area contributed by atoms with Crippen LogP contribution in [0.5, 0.6) is 0 Å². The Morgan fingerprint density at radius 2 is 2.18 bits per heavy atom. The molecule has 1 aliphatic carbocycles. The summed E-state index contributed by atoms with van der Waals surface area (Å²) >= 11 is 5.49. The van der Waals surface area contributed by atoms with Crippen LogP contribution in [0.15, 0.2) is 10.5 Å². The van der Waals surface area contributed by atoms with E-state index in [1.165, 1.54) is 46.3 Å². The fraction of sp³-hybridized carbons (Fsp3) is 0.714. The number of thiophene rings is 1. The van der Waals surface area contributed by atoms with Crippen LogP contribution >= 0.6 is 27.3 Å². The lowest BCUT2D eigenvalue weighted by molar-refractivity contribution is 0.255. The van der Waals surface area contributed by atoms with Gasteiger partial charge in [0.15, 0.2) is 0 Å². The van der Waals surface area contributed by atoms with E-state index in [0.717, 1.165) is 18.5 Å². The molecule has 1 heterocycles. The second-order valence-electron chi connectivity index (χ2n) is 5.06. The number of halogens is 1. The number of hydrogen-bond donors (Lipinski definition) is 1. The lowest BCUT2D eigenvalue weighted by Crippen LogP contribution is -2.37. The van der Waals surface area contributed by atoms with Crippen LogP contribution in [0.25, 0.3) is 0 Å². The molecule has 1 fully saturated rings. The summed E-state index contributed by atoms with van der Waals surface area (Å²) in [5.74, 6) is 0.897. The molecule has 1 aliphatic rings. The maximum absolute atomic E-state index is 3.77. The van der Waals surface area contributed by atoms with Crippen molar-refractivity contribution in [3.05, 3.63) is 20.3 Å². The summed E-state index contributed by atoms with van der Waals surface area (Å²) in [7, 11) is 0. The molecular weight excluding hydrogens is 294 g/mol. The van der Waals surface area contributed by atoms with Crippen molar-refractivity contribution in [3.63, 3.8) is 0 Å². The minimum Gasteiger partial charge on any atom is -0.309 e. The molecule has 0 spiro atoms. The molecule has 0 aromatic carbocycles. The highest BCUT2D eigenvalue weighted by Gasteiger charge is 2.22. The first-order valence-electron chi connectivity index (χ1n) is 6.69. The normalized spacial score (nSPS) is 25.1. The van der Waals surface area contributed by atoms with Gasteiger partial charge < -0.3 is 5.32 Å². The summed E-state index contributed by atoms with van der Waals surface area (Å²) in [6.07, 6.45) is 6.94. The van der Waals surface area contributed by atoms with E-state index in [1.807, 2.05) is 11.3 Å². The van der Waals surface area contributed by atoms with Gasteiger partial charge in [0.25, 0.3) is 0 Å². The lowest BCUT2D eigenvalue weighted by atomic mass is 9.83. The molecule has 2 atom stereocenters. The van der Waals surface area contributed by atoms with Crippen molar-refractivity contribution in [2.24, 2.45) is 5.92 Å². The van der Waals surface area contributed by atoms with Crippen LogP contribution in [-0.4, -0.2) is 6.04 Å². The molecule has 0 bridgehead atoms. The zero-order valence-corrected chi connectivity index (χ0v) is 13.2. The molecule has 0 aliphatic heterocycles. The number of nitrogens with one attached hydrogen (secondary N) is 1. The third kappa shape index (κ3) is 3.55. The molecule has 0 radical (unpaired) electrons. The molecule has 1 aromatic heterocycles. The van der Waals surface area contributed by atoms with Gasteiger partial charge in [-0.15, -0.1) is 11.3 Å². The summed E-state index contributed by atoms with van der Waals surface area (Å²) < 4.78 is 1.26. The van der Waals surface area contributed by atoms with E-state index in [9.17, 15) is 0 Å². The van der Waals surface area contributed by atoms with E-state index >= 15 is 0 Å². The highest BCUT2D eigenvalue weighted by Crippen LogP contribution is 2.29. The topological polar surface area (TPSA) is 12.0 Å². The van der Waals surface area contributed by atoms with Gasteiger partial charge in [0, 0.05) is 26.8 Å². The Kier molecular flexibility index (Phi) is 5.07. The average molecular weight is 316 g/mol. The van der Waals surface area contributed by atoms with Crippen molar-refractivity contribution in [3.8, 4) is 0 Å². The van der Waals surface area contributed by atoms with Crippen LogP contribution in [0.2, 0.25) is 0 Å². The smallest absolute Gasteiger partial charge is 0.0314 e. The van der Waals surface area contributed by atoms with E-state index in [1.54, 1.807) is 0 Å². The monoisotopic (exact) mass is 315 g/mol. The van der Waals surface area contributed by atoms with E-state index in [4.69, 9.17) is 0 Å². The van der Waals surface area contributed by atoms with Crippen LogP contribution < -0.4 is 5.32 Å². The first-order valence-corrected chi connectivity index (χ1v) is 8.30. The fourth-order valence-corrected chi connectivity index (χ4v) is 4.35. The van der Waals surface area contributed by atoms with E-state index < -0.39 is 0 Å². The summed E-state index contributed by atoms with van der Waals surface area (Å²) in [6.45, 7) is 5.54. The molecule has 1 nitrogen and oxygen atoms in total. The van der Waals surface area contributed by atoms with E-state index in [-0.39, 0.29) is 0 Å². The average Bonchev–Trinajstić information content (AvgIpc) is 2.66. The molecular formula is C14H22BrNS. The van der Waals surface area contributed by atoms with Crippen molar-refractivity contribution in [2.45, 2.75) is 58.5 Å². The number of hydrogen-bond acceptors (Lipinski definition) is 2. The highest BCUT2D eigenvalue weighted by atomic mass is 79.9. The quantitative estimate of drug-likeness (QED) is 0.835.